The highest BCUT2D eigenvalue weighted by molar-refractivity contribution is 9.10. The summed E-state index contributed by atoms with van der Waals surface area (Å²) >= 11 is 3.32. The highest BCUT2D eigenvalue weighted by Gasteiger charge is 2.18. The lowest BCUT2D eigenvalue weighted by Gasteiger charge is -2.22. The summed E-state index contributed by atoms with van der Waals surface area (Å²) in [4.78, 5) is 12.4. The standard InChI is InChI=1S/C14H19BrN2O2S/c15-10-6-7-12(16)13(8-10)20(19)9-14(18)17-11-4-2-1-3-5-11/h6-8,11H,1-5,9,16H2,(H,17,18). The number of nitrogen functional groups attached to an aromatic ring is 1. The summed E-state index contributed by atoms with van der Waals surface area (Å²) in [5.74, 6) is -0.188. The van der Waals surface area contributed by atoms with Crippen LogP contribution in [-0.4, -0.2) is 21.9 Å². The van der Waals surface area contributed by atoms with E-state index in [9.17, 15) is 9.00 Å². The van der Waals surface area contributed by atoms with Crippen molar-refractivity contribution in [3.63, 3.8) is 0 Å². The number of hydrogen-bond acceptors (Lipinski definition) is 3. The van der Waals surface area contributed by atoms with Gasteiger partial charge in [-0.15, -0.1) is 0 Å². The molecule has 2 rings (SSSR count). The first-order chi connectivity index (χ1) is 9.56. The van der Waals surface area contributed by atoms with Crippen LogP contribution in [0.4, 0.5) is 5.69 Å². The fourth-order valence-electron chi connectivity index (χ4n) is 2.42. The Kier molecular flexibility index (Phi) is 5.60. The van der Waals surface area contributed by atoms with E-state index in [1.165, 1.54) is 6.42 Å². The Bertz CT molecular complexity index is 516. The minimum Gasteiger partial charge on any atom is -0.398 e. The first kappa shape index (κ1) is 15.5. The molecular weight excluding hydrogens is 340 g/mol. The van der Waals surface area contributed by atoms with Crippen LogP contribution in [0.3, 0.4) is 0 Å². The SMILES string of the molecule is Nc1ccc(Br)cc1S(=O)CC(=O)NC1CCCCC1. The molecular formula is C14H19BrN2O2S. The van der Waals surface area contributed by atoms with E-state index in [1.807, 2.05) is 0 Å². The number of anilines is 1. The molecule has 1 aliphatic rings. The summed E-state index contributed by atoms with van der Waals surface area (Å²) in [5.41, 5.74) is 6.26. The molecule has 4 nitrogen and oxygen atoms in total. The Labute approximate surface area is 130 Å². The summed E-state index contributed by atoms with van der Waals surface area (Å²) < 4.78 is 13.0. The number of carbonyl (C=O) groups is 1. The summed E-state index contributed by atoms with van der Waals surface area (Å²) in [6.45, 7) is 0. The maximum absolute atomic E-state index is 12.2. The lowest BCUT2D eigenvalue weighted by atomic mass is 9.95. The van der Waals surface area contributed by atoms with Crippen LogP contribution in [0.5, 0.6) is 0 Å². The van der Waals surface area contributed by atoms with Gasteiger partial charge in [-0.3, -0.25) is 9.00 Å². The molecule has 1 aromatic carbocycles. The van der Waals surface area contributed by atoms with Crippen molar-refractivity contribution in [1.82, 2.24) is 5.32 Å². The number of amides is 1. The Hall–Kier alpha value is -0.880. The molecule has 1 aliphatic carbocycles. The third-order valence-electron chi connectivity index (χ3n) is 3.45. The second-order valence-corrected chi connectivity index (χ2v) is 7.41. The second-order valence-electron chi connectivity index (χ2n) is 5.07. The van der Waals surface area contributed by atoms with Gasteiger partial charge in [0.05, 0.1) is 15.7 Å². The van der Waals surface area contributed by atoms with Crippen molar-refractivity contribution >= 4 is 38.3 Å². The van der Waals surface area contributed by atoms with Crippen molar-refractivity contribution in [2.24, 2.45) is 0 Å². The van der Waals surface area contributed by atoms with E-state index in [1.54, 1.807) is 18.2 Å². The molecule has 1 amide bonds. The molecule has 0 spiro atoms. The molecule has 0 bridgehead atoms. The summed E-state index contributed by atoms with van der Waals surface area (Å²) in [5, 5.41) is 2.97. The topological polar surface area (TPSA) is 72.2 Å². The van der Waals surface area contributed by atoms with Gasteiger partial charge in [0.1, 0.15) is 5.75 Å². The second kappa shape index (κ2) is 7.22. The van der Waals surface area contributed by atoms with Crippen LogP contribution >= 0.6 is 15.9 Å². The molecule has 0 radical (unpaired) electrons. The van der Waals surface area contributed by atoms with Gasteiger partial charge < -0.3 is 11.1 Å². The lowest BCUT2D eigenvalue weighted by molar-refractivity contribution is -0.119. The summed E-state index contributed by atoms with van der Waals surface area (Å²) in [6, 6.07) is 5.43. The number of benzene rings is 1. The zero-order valence-electron chi connectivity index (χ0n) is 11.2. The minimum atomic E-state index is -1.41. The fourth-order valence-corrected chi connectivity index (χ4v) is 4.00. The third-order valence-corrected chi connectivity index (χ3v) is 5.32. The first-order valence-corrected chi connectivity index (χ1v) is 8.90. The fraction of sp³-hybridized carbons (Fsp3) is 0.500. The van der Waals surface area contributed by atoms with Crippen molar-refractivity contribution in [3.05, 3.63) is 22.7 Å². The third kappa shape index (κ3) is 4.31. The highest BCUT2D eigenvalue weighted by atomic mass is 79.9. The number of halogens is 1. The predicted octanol–water partition coefficient (Wildman–Crippen LogP) is 2.59. The predicted molar refractivity (Wildman–Crippen MR) is 84.8 cm³/mol. The number of nitrogens with two attached hydrogens (primary N) is 1. The molecule has 1 atom stereocenters. The van der Waals surface area contributed by atoms with E-state index in [-0.39, 0.29) is 17.7 Å². The van der Waals surface area contributed by atoms with Crippen LogP contribution in [0, 0.1) is 0 Å². The number of carbonyl (C=O) groups excluding carboxylic acids is 1. The molecule has 0 aliphatic heterocycles. The van der Waals surface area contributed by atoms with Gasteiger partial charge in [0.15, 0.2) is 0 Å². The van der Waals surface area contributed by atoms with Gasteiger partial charge in [0.2, 0.25) is 5.91 Å². The van der Waals surface area contributed by atoms with Crippen LogP contribution < -0.4 is 11.1 Å². The van der Waals surface area contributed by atoms with Crippen LogP contribution in [0.1, 0.15) is 32.1 Å². The Morgan fingerprint density at radius 2 is 2.05 bits per heavy atom. The van der Waals surface area contributed by atoms with E-state index >= 15 is 0 Å². The van der Waals surface area contributed by atoms with Gasteiger partial charge in [-0.25, -0.2) is 0 Å². The average Bonchev–Trinajstić information content (AvgIpc) is 2.42. The summed E-state index contributed by atoms with van der Waals surface area (Å²) in [6.07, 6.45) is 5.61. The number of hydrogen-bond donors (Lipinski definition) is 2. The normalized spacial score (nSPS) is 17.6. The van der Waals surface area contributed by atoms with Crippen LogP contribution in [0.15, 0.2) is 27.6 Å². The average molecular weight is 359 g/mol. The van der Waals surface area contributed by atoms with Crippen LogP contribution in [0.2, 0.25) is 0 Å². The smallest absolute Gasteiger partial charge is 0.233 e. The van der Waals surface area contributed by atoms with Gasteiger partial charge in [0, 0.05) is 16.2 Å². The van der Waals surface area contributed by atoms with Crippen LogP contribution in [0.25, 0.3) is 0 Å². The molecule has 6 heteroatoms. The van der Waals surface area contributed by atoms with Gasteiger partial charge in [-0.1, -0.05) is 35.2 Å². The van der Waals surface area contributed by atoms with Gasteiger partial charge >= 0.3 is 0 Å². The molecule has 0 aromatic heterocycles. The van der Waals surface area contributed by atoms with E-state index in [2.05, 4.69) is 21.2 Å². The minimum absolute atomic E-state index is 0.0306. The van der Waals surface area contributed by atoms with Crippen LogP contribution in [-0.2, 0) is 15.6 Å². The molecule has 0 heterocycles. The quantitative estimate of drug-likeness (QED) is 0.812. The zero-order valence-corrected chi connectivity index (χ0v) is 13.6. The van der Waals surface area contributed by atoms with Crippen molar-refractivity contribution in [1.29, 1.82) is 0 Å². The molecule has 1 fully saturated rings. The van der Waals surface area contributed by atoms with E-state index < -0.39 is 10.8 Å². The monoisotopic (exact) mass is 358 g/mol. The molecule has 0 saturated heterocycles. The van der Waals surface area contributed by atoms with Gasteiger partial charge in [0.25, 0.3) is 0 Å². The molecule has 110 valence electrons. The van der Waals surface area contributed by atoms with E-state index in [0.717, 1.165) is 30.2 Å². The molecule has 1 unspecified atom stereocenters. The lowest BCUT2D eigenvalue weighted by Crippen LogP contribution is -2.38. The van der Waals surface area contributed by atoms with Crippen molar-refractivity contribution < 1.29 is 9.00 Å². The maximum Gasteiger partial charge on any atom is 0.233 e. The molecule has 1 saturated carbocycles. The highest BCUT2D eigenvalue weighted by Crippen LogP contribution is 2.22. The Morgan fingerprint density at radius 1 is 1.35 bits per heavy atom. The van der Waals surface area contributed by atoms with Gasteiger partial charge in [-0.2, -0.15) is 0 Å². The Balaban J connectivity index is 1.93. The maximum atomic E-state index is 12.2. The van der Waals surface area contributed by atoms with Crippen molar-refractivity contribution in [3.8, 4) is 0 Å². The molecule has 1 aromatic rings. The molecule has 3 N–H and O–H groups in total. The first-order valence-electron chi connectivity index (χ1n) is 6.79. The van der Waals surface area contributed by atoms with E-state index in [4.69, 9.17) is 5.73 Å². The number of nitrogens with one attached hydrogen (secondary N) is 1. The number of rotatable bonds is 4. The van der Waals surface area contributed by atoms with E-state index in [0.29, 0.717) is 10.6 Å². The van der Waals surface area contributed by atoms with Crippen molar-refractivity contribution in [2.45, 2.75) is 43.0 Å². The van der Waals surface area contributed by atoms with Crippen molar-refractivity contribution in [2.75, 3.05) is 11.5 Å². The summed E-state index contributed by atoms with van der Waals surface area (Å²) in [7, 11) is -1.41. The van der Waals surface area contributed by atoms with Gasteiger partial charge in [-0.05, 0) is 31.0 Å². The Morgan fingerprint density at radius 3 is 2.75 bits per heavy atom. The largest absolute Gasteiger partial charge is 0.398 e. The zero-order chi connectivity index (χ0) is 14.5. The molecule has 20 heavy (non-hydrogen) atoms.